The summed E-state index contributed by atoms with van der Waals surface area (Å²) >= 11 is 0. The predicted octanol–water partition coefficient (Wildman–Crippen LogP) is 7.75. The highest BCUT2D eigenvalue weighted by Crippen LogP contribution is 2.52. The molecule has 192 valence electrons. The van der Waals surface area contributed by atoms with E-state index in [0.717, 1.165) is 32.1 Å². The van der Waals surface area contributed by atoms with E-state index in [0.29, 0.717) is 35.5 Å². The van der Waals surface area contributed by atoms with Gasteiger partial charge in [0.2, 0.25) is 0 Å². The molecule has 0 bridgehead atoms. The Balaban J connectivity index is 1.92. The third-order valence-electron chi connectivity index (χ3n) is 8.59. The Morgan fingerprint density at radius 1 is 0.939 bits per heavy atom. The Morgan fingerprint density at radius 3 is 1.88 bits per heavy atom. The summed E-state index contributed by atoms with van der Waals surface area (Å²) in [5.41, 5.74) is 0.0103. The fourth-order valence-corrected chi connectivity index (χ4v) is 7.57. The van der Waals surface area contributed by atoms with Crippen LogP contribution in [0.1, 0.15) is 120 Å². The number of carbonyl (C=O) groups is 1. The van der Waals surface area contributed by atoms with E-state index in [1.54, 1.807) is 0 Å². The molecule has 2 saturated carbocycles. The fraction of sp³-hybridized carbons (Fsp3) is 0.900. The molecule has 0 aromatic heterocycles. The van der Waals surface area contributed by atoms with Crippen LogP contribution in [0.3, 0.4) is 0 Å². The highest BCUT2D eigenvalue weighted by molar-refractivity contribution is 5.89. The Hall–Kier alpha value is -0.670. The van der Waals surface area contributed by atoms with Gasteiger partial charge in [-0.15, -0.1) is 0 Å². The van der Waals surface area contributed by atoms with Crippen LogP contribution < -0.4 is 0 Å². The van der Waals surface area contributed by atoms with E-state index >= 15 is 0 Å². The number of methoxy groups -OCH3 is 1. The van der Waals surface area contributed by atoms with Gasteiger partial charge in [0, 0.05) is 13.5 Å². The maximum absolute atomic E-state index is 12.7. The highest BCUT2D eigenvalue weighted by Gasteiger charge is 2.48. The van der Waals surface area contributed by atoms with E-state index in [-0.39, 0.29) is 22.7 Å². The van der Waals surface area contributed by atoms with Gasteiger partial charge in [-0.3, -0.25) is 4.79 Å². The van der Waals surface area contributed by atoms with Crippen molar-refractivity contribution in [3.63, 3.8) is 0 Å². The van der Waals surface area contributed by atoms with Gasteiger partial charge in [0.05, 0.1) is 11.7 Å². The Bertz CT molecular complexity index is 659. The summed E-state index contributed by atoms with van der Waals surface area (Å²) in [7, 11) is 1.82. The molecule has 3 nitrogen and oxygen atoms in total. The molecular formula is C30H54O3. The van der Waals surface area contributed by atoms with E-state index in [9.17, 15) is 9.90 Å². The summed E-state index contributed by atoms with van der Waals surface area (Å²) in [4.78, 5) is 12.7. The number of allylic oxidation sites excluding steroid dienone is 2. The van der Waals surface area contributed by atoms with Crippen LogP contribution in [0.15, 0.2) is 12.2 Å². The molecule has 0 aromatic rings. The number of carbonyl (C=O) groups excluding carboxylic acids is 1. The average Bonchev–Trinajstić information content (AvgIpc) is 2.71. The van der Waals surface area contributed by atoms with Crippen molar-refractivity contribution in [1.29, 1.82) is 0 Å². The second-order valence-corrected chi connectivity index (χ2v) is 14.9. The number of hydrogen-bond donors (Lipinski definition) is 1. The Kier molecular flexibility index (Phi) is 8.77. The Morgan fingerprint density at radius 2 is 1.42 bits per heavy atom. The summed E-state index contributed by atoms with van der Waals surface area (Å²) in [6.07, 6.45) is 12.8. The molecule has 0 aliphatic heterocycles. The van der Waals surface area contributed by atoms with Crippen LogP contribution in [-0.4, -0.2) is 29.7 Å². The molecule has 0 amide bonds. The lowest BCUT2D eigenvalue weighted by molar-refractivity contribution is -0.128. The van der Waals surface area contributed by atoms with Gasteiger partial charge in [-0.05, 0) is 97.9 Å². The number of hydrogen-bond acceptors (Lipinski definition) is 3. The van der Waals surface area contributed by atoms with Gasteiger partial charge in [0.1, 0.15) is 0 Å². The number of rotatable bonds is 8. The minimum Gasteiger partial charge on any atom is -0.390 e. The lowest BCUT2D eigenvalue weighted by Gasteiger charge is -2.52. The van der Waals surface area contributed by atoms with Crippen molar-refractivity contribution in [2.45, 2.75) is 132 Å². The number of ketones is 1. The molecule has 33 heavy (non-hydrogen) atoms. The number of aliphatic hydroxyl groups is 1. The van der Waals surface area contributed by atoms with Crippen molar-refractivity contribution in [2.75, 3.05) is 7.11 Å². The van der Waals surface area contributed by atoms with Gasteiger partial charge in [-0.1, -0.05) is 61.5 Å². The van der Waals surface area contributed by atoms with E-state index < -0.39 is 5.60 Å². The van der Waals surface area contributed by atoms with E-state index in [1.807, 2.05) is 20.1 Å². The fourth-order valence-electron chi connectivity index (χ4n) is 7.57. The van der Waals surface area contributed by atoms with Gasteiger partial charge in [0.25, 0.3) is 0 Å². The molecule has 0 saturated heterocycles. The summed E-state index contributed by atoms with van der Waals surface area (Å²) in [5.74, 6) is 1.05. The first-order chi connectivity index (χ1) is 14.9. The van der Waals surface area contributed by atoms with Gasteiger partial charge >= 0.3 is 0 Å². The molecule has 2 aliphatic carbocycles. The third-order valence-corrected chi connectivity index (χ3v) is 8.59. The van der Waals surface area contributed by atoms with Crippen molar-refractivity contribution in [2.24, 2.45) is 33.5 Å². The van der Waals surface area contributed by atoms with Crippen LogP contribution in [0.2, 0.25) is 0 Å². The average molecular weight is 463 g/mol. The normalized spacial score (nSPS) is 31.1. The minimum atomic E-state index is -0.813. The maximum atomic E-state index is 12.7. The molecular weight excluding hydrogens is 408 g/mol. The van der Waals surface area contributed by atoms with E-state index in [1.165, 1.54) is 12.8 Å². The molecule has 2 fully saturated rings. The molecule has 0 aromatic carbocycles. The van der Waals surface area contributed by atoms with Crippen LogP contribution >= 0.6 is 0 Å². The van der Waals surface area contributed by atoms with Crippen LogP contribution in [0, 0.1) is 33.5 Å². The zero-order valence-corrected chi connectivity index (χ0v) is 23.5. The highest BCUT2D eigenvalue weighted by atomic mass is 16.5. The van der Waals surface area contributed by atoms with Crippen LogP contribution in [0.25, 0.3) is 0 Å². The Labute approximate surface area is 205 Å². The zero-order chi connectivity index (χ0) is 25.3. The lowest BCUT2D eigenvalue weighted by Crippen LogP contribution is -2.50. The van der Waals surface area contributed by atoms with E-state index in [4.69, 9.17) is 4.74 Å². The van der Waals surface area contributed by atoms with Crippen molar-refractivity contribution in [3.8, 4) is 0 Å². The molecule has 1 atom stereocenters. The van der Waals surface area contributed by atoms with Crippen molar-refractivity contribution in [1.82, 2.24) is 0 Å². The second kappa shape index (κ2) is 10.1. The van der Waals surface area contributed by atoms with Gasteiger partial charge < -0.3 is 9.84 Å². The molecule has 0 spiro atoms. The third kappa shape index (κ3) is 8.49. The topological polar surface area (TPSA) is 46.5 Å². The second-order valence-electron chi connectivity index (χ2n) is 14.9. The zero-order valence-electron chi connectivity index (χ0n) is 23.5. The first-order valence-corrected chi connectivity index (χ1v) is 13.3. The van der Waals surface area contributed by atoms with Gasteiger partial charge in [-0.25, -0.2) is 0 Å². The summed E-state index contributed by atoms with van der Waals surface area (Å²) < 4.78 is 5.87. The molecule has 0 heterocycles. The molecule has 0 radical (unpaired) electrons. The summed E-state index contributed by atoms with van der Waals surface area (Å²) in [6, 6.07) is 0. The predicted molar refractivity (Wildman–Crippen MR) is 139 cm³/mol. The van der Waals surface area contributed by atoms with Crippen molar-refractivity contribution >= 4 is 5.78 Å². The summed E-state index contributed by atoms with van der Waals surface area (Å²) in [6.45, 7) is 20.5. The van der Waals surface area contributed by atoms with Gasteiger partial charge in [-0.2, -0.15) is 0 Å². The van der Waals surface area contributed by atoms with Crippen LogP contribution in [-0.2, 0) is 9.53 Å². The molecule has 3 heteroatoms. The molecule has 2 aliphatic rings. The molecule has 2 rings (SSSR count). The minimum absolute atomic E-state index is 0.0794. The SMILES string of the molecule is COC1C(C)(C)CC(CC(C)(O)CCC(=O)/C=C\C2CC(C)(C)CCC(C)(C)C2)CC1(C)C. The first kappa shape index (κ1) is 28.6. The maximum Gasteiger partial charge on any atom is 0.155 e. The van der Waals surface area contributed by atoms with Crippen molar-refractivity contribution in [3.05, 3.63) is 12.2 Å². The number of ether oxygens (including phenoxy) is 1. The van der Waals surface area contributed by atoms with Gasteiger partial charge in [0.15, 0.2) is 5.78 Å². The standard InChI is InChI=1S/C30H54O3/c1-26(2)15-16-27(3,4)18-22(17-26)11-12-24(31)13-14-30(9,32)21-23-19-28(5,6)25(33-10)29(7,8)20-23/h11-12,22-23,25,32H,13-21H2,1-10H3/b12-11-. The monoisotopic (exact) mass is 462 g/mol. The van der Waals surface area contributed by atoms with Crippen molar-refractivity contribution < 1.29 is 14.6 Å². The largest absolute Gasteiger partial charge is 0.390 e. The first-order valence-electron chi connectivity index (χ1n) is 13.3. The van der Waals surface area contributed by atoms with Crippen LogP contribution in [0.4, 0.5) is 0 Å². The molecule has 1 unspecified atom stereocenters. The van der Waals surface area contributed by atoms with E-state index in [2.05, 4.69) is 61.5 Å². The summed E-state index contributed by atoms with van der Waals surface area (Å²) in [5, 5.41) is 11.2. The molecule has 1 N–H and O–H groups in total. The quantitative estimate of drug-likeness (QED) is 0.296. The van der Waals surface area contributed by atoms with Crippen LogP contribution in [0.5, 0.6) is 0 Å². The smallest absolute Gasteiger partial charge is 0.155 e. The lowest BCUT2D eigenvalue weighted by atomic mass is 9.57.